The maximum absolute atomic E-state index is 12.7. The van der Waals surface area contributed by atoms with Gasteiger partial charge < -0.3 is 9.80 Å². The first kappa shape index (κ1) is 18.2. The zero-order chi connectivity index (χ0) is 19.5. The minimum absolute atomic E-state index is 0.000275. The second-order valence-electron chi connectivity index (χ2n) is 7.29. The van der Waals surface area contributed by atoms with E-state index in [0.29, 0.717) is 12.2 Å². The summed E-state index contributed by atoms with van der Waals surface area (Å²) in [5, 5.41) is 7.69. The van der Waals surface area contributed by atoms with Gasteiger partial charge in [0.05, 0.1) is 5.69 Å². The molecule has 1 fully saturated rings. The van der Waals surface area contributed by atoms with Crippen molar-refractivity contribution < 1.29 is 4.79 Å². The molecule has 1 amide bonds. The van der Waals surface area contributed by atoms with E-state index in [1.54, 1.807) is 12.3 Å². The number of anilines is 1. The van der Waals surface area contributed by atoms with E-state index in [1.165, 1.54) is 11.1 Å². The van der Waals surface area contributed by atoms with Gasteiger partial charge in [-0.1, -0.05) is 18.2 Å². The Kier molecular flexibility index (Phi) is 5.10. The lowest BCUT2D eigenvalue weighted by molar-refractivity contribution is 0.0761. The number of rotatable bonds is 3. The maximum Gasteiger partial charge on any atom is 0.272 e. The van der Waals surface area contributed by atoms with Crippen LogP contribution in [-0.4, -0.2) is 52.2 Å². The molecule has 1 N–H and O–H groups in total. The number of hydrogen-bond donors (Lipinski definition) is 1. The molecule has 3 heterocycles. The van der Waals surface area contributed by atoms with Crippen LogP contribution in [-0.2, 0) is 0 Å². The van der Waals surface area contributed by atoms with E-state index in [1.807, 2.05) is 17.0 Å². The summed E-state index contributed by atoms with van der Waals surface area (Å²) >= 11 is 0. The summed E-state index contributed by atoms with van der Waals surface area (Å²) in [6, 6.07) is 14.0. The number of pyridine rings is 1. The Bertz CT molecular complexity index is 966. The molecule has 144 valence electrons. The molecule has 28 heavy (non-hydrogen) atoms. The molecule has 0 spiro atoms. The number of carbonyl (C=O) groups is 1. The lowest BCUT2D eigenvalue weighted by Gasteiger charge is -2.21. The summed E-state index contributed by atoms with van der Waals surface area (Å²) in [4.78, 5) is 21.0. The highest BCUT2D eigenvalue weighted by Crippen LogP contribution is 2.24. The predicted octanol–water partition coefficient (Wildman–Crippen LogP) is 3.44. The van der Waals surface area contributed by atoms with Crippen LogP contribution in [0.5, 0.6) is 0 Å². The van der Waals surface area contributed by atoms with Crippen molar-refractivity contribution in [2.75, 3.05) is 31.1 Å². The van der Waals surface area contributed by atoms with E-state index in [4.69, 9.17) is 0 Å². The number of aryl methyl sites for hydroxylation is 2. The highest BCUT2D eigenvalue weighted by atomic mass is 16.2. The van der Waals surface area contributed by atoms with Crippen LogP contribution in [0.4, 0.5) is 5.82 Å². The smallest absolute Gasteiger partial charge is 0.272 e. The first-order valence-electron chi connectivity index (χ1n) is 9.70. The Hall–Kier alpha value is -3.15. The highest BCUT2D eigenvalue weighted by molar-refractivity contribution is 5.92. The highest BCUT2D eigenvalue weighted by Gasteiger charge is 2.22. The van der Waals surface area contributed by atoms with Crippen LogP contribution < -0.4 is 4.90 Å². The quantitative estimate of drug-likeness (QED) is 0.762. The van der Waals surface area contributed by atoms with Crippen molar-refractivity contribution in [3.8, 4) is 11.3 Å². The molecule has 0 unspecified atom stereocenters. The van der Waals surface area contributed by atoms with Crippen LogP contribution in [0.25, 0.3) is 11.3 Å². The number of amides is 1. The Balaban J connectivity index is 1.45. The molecule has 2 aromatic heterocycles. The summed E-state index contributed by atoms with van der Waals surface area (Å²) in [5.74, 6) is 0.931. The van der Waals surface area contributed by atoms with Crippen molar-refractivity contribution in [1.29, 1.82) is 0 Å². The Labute approximate surface area is 165 Å². The van der Waals surface area contributed by atoms with E-state index >= 15 is 0 Å². The molecule has 4 rings (SSSR count). The fourth-order valence-corrected chi connectivity index (χ4v) is 3.53. The zero-order valence-corrected chi connectivity index (χ0v) is 16.4. The third-order valence-corrected chi connectivity index (χ3v) is 5.37. The minimum Gasteiger partial charge on any atom is -0.353 e. The third kappa shape index (κ3) is 3.76. The number of hydrogen-bond acceptors (Lipinski definition) is 4. The van der Waals surface area contributed by atoms with Gasteiger partial charge in [0.2, 0.25) is 0 Å². The summed E-state index contributed by atoms with van der Waals surface area (Å²) in [6.45, 7) is 7.28. The molecular formula is C22H25N5O. The molecule has 0 aliphatic carbocycles. The number of nitrogens with one attached hydrogen (secondary N) is 1. The van der Waals surface area contributed by atoms with E-state index in [0.717, 1.165) is 43.1 Å². The van der Waals surface area contributed by atoms with Gasteiger partial charge in [0, 0.05) is 38.4 Å². The van der Waals surface area contributed by atoms with Crippen molar-refractivity contribution in [3.63, 3.8) is 0 Å². The molecule has 3 aromatic rings. The molecule has 1 aliphatic rings. The van der Waals surface area contributed by atoms with Crippen LogP contribution in [0, 0.1) is 13.8 Å². The van der Waals surface area contributed by atoms with E-state index < -0.39 is 0 Å². The molecule has 0 saturated carbocycles. The van der Waals surface area contributed by atoms with Gasteiger partial charge in [-0.3, -0.25) is 14.9 Å². The average Bonchev–Trinajstić information content (AvgIpc) is 3.08. The standard InChI is InChI=1S/C22H25N5O/c1-16-7-8-18(14-17(16)2)20-15-21(25-24-20)26-10-5-11-27(13-12-26)22(28)19-6-3-4-9-23-19/h3-4,6-9,14-15H,5,10-13H2,1-2H3,(H,24,25). The molecule has 1 aliphatic heterocycles. The van der Waals surface area contributed by atoms with Crippen LogP contribution in [0.1, 0.15) is 28.0 Å². The van der Waals surface area contributed by atoms with E-state index in [9.17, 15) is 4.79 Å². The van der Waals surface area contributed by atoms with Crippen LogP contribution in [0.2, 0.25) is 0 Å². The topological polar surface area (TPSA) is 65.1 Å². The molecule has 6 heteroatoms. The second kappa shape index (κ2) is 7.84. The van der Waals surface area contributed by atoms with Crippen molar-refractivity contribution in [2.45, 2.75) is 20.3 Å². The molecular weight excluding hydrogens is 350 g/mol. The van der Waals surface area contributed by atoms with E-state index in [-0.39, 0.29) is 5.91 Å². The summed E-state index contributed by atoms with van der Waals surface area (Å²) in [6.07, 6.45) is 2.57. The number of aromatic nitrogens is 3. The van der Waals surface area contributed by atoms with Crippen LogP contribution in [0.15, 0.2) is 48.7 Å². The fraction of sp³-hybridized carbons (Fsp3) is 0.318. The Morgan fingerprint density at radius 1 is 1.00 bits per heavy atom. The maximum atomic E-state index is 12.7. The zero-order valence-electron chi connectivity index (χ0n) is 16.4. The van der Waals surface area contributed by atoms with Gasteiger partial charge in [-0.2, -0.15) is 5.10 Å². The number of H-pyrrole nitrogens is 1. The number of nitrogens with zero attached hydrogens (tertiary/aromatic N) is 4. The summed E-state index contributed by atoms with van der Waals surface area (Å²) in [7, 11) is 0. The second-order valence-corrected chi connectivity index (χ2v) is 7.29. The fourth-order valence-electron chi connectivity index (χ4n) is 3.53. The van der Waals surface area contributed by atoms with Gasteiger partial charge in [-0.05, 0) is 55.2 Å². The van der Waals surface area contributed by atoms with Crippen molar-refractivity contribution in [2.24, 2.45) is 0 Å². The Morgan fingerprint density at radius 3 is 2.68 bits per heavy atom. The van der Waals surface area contributed by atoms with E-state index in [2.05, 4.69) is 58.2 Å². The molecule has 0 bridgehead atoms. The minimum atomic E-state index is 0.000275. The van der Waals surface area contributed by atoms with Crippen LogP contribution in [0.3, 0.4) is 0 Å². The lowest BCUT2D eigenvalue weighted by atomic mass is 10.0. The lowest BCUT2D eigenvalue weighted by Crippen LogP contribution is -2.35. The van der Waals surface area contributed by atoms with Gasteiger partial charge in [0.25, 0.3) is 5.91 Å². The molecule has 6 nitrogen and oxygen atoms in total. The average molecular weight is 375 g/mol. The predicted molar refractivity (Wildman–Crippen MR) is 110 cm³/mol. The monoisotopic (exact) mass is 375 g/mol. The SMILES string of the molecule is Cc1ccc(-c2cc(N3CCCN(C(=O)c4ccccn4)CC3)n[nH]2)cc1C. The van der Waals surface area contributed by atoms with Gasteiger partial charge in [-0.15, -0.1) is 0 Å². The molecule has 1 saturated heterocycles. The number of aromatic amines is 1. The van der Waals surface area contributed by atoms with Gasteiger partial charge in [0.1, 0.15) is 5.69 Å². The summed E-state index contributed by atoms with van der Waals surface area (Å²) in [5.41, 5.74) is 5.22. The summed E-state index contributed by atoms with van der Waals surface area (Å²) < 4.78 is 0. The molecule has 0 radical (unpaired) electrons. The first-order valence-corrected chi connectivity index (χ1v) is 9.70. The van der Waals surface area contributed by atoms with Crippen molar-refractivity contribution >= 4 is 11.7 Å². The van der Waals surface area contributed by atoms with Crippen LogP contribution >= 0.6 is 0 Å². The third-order valence-electron chi connectivity index (χ3n) is 5.37. The normalized spacial score (nSPS) is 14.8. The Morgan fingerprint density at radius 2 is 1.89 bits per heavy atom. The van der Waals surface area contributed by atoms with Gasteiger partial charge in [0.15, 0.2) is 5.82 Å². The molecule has 0 atom stereocenters. The first-order chi connectivity index (χ1) is 13.6. The van der Waals surface area contributed by atoms with Gasteiger partial charge >= 0.3 is 0 Å². The van der Waals surface area contributed by atoms with Crippen molar-refractivity contribution in [1.82, 2.24) is 20.1 Å². The molecule has 1 aromatic carbocycles. The number of carbonyl (C=O) groups excluding carboxylic acids is 1. The van der Waals surface area contributed by atoms with Crippen molar-refractivity contribution in [3.05, 3.63) is 65.5 Å². The largest absolute Gasteiger partial charge is 0.353 e. The van der Waals surface area contributed by atoms with Gasteiger partial charge in [-0.25, -0.2) is 0 Å². The number of benzene rings is 1.